The van der Waals surface area contributed by atoms with Gasteiger partial charge in [-0.05, 0) is 49.2 Å². The fourth-order valence-electron chi connectivity index (χ4n) is 3.20. The van der Waals surface area contributed by atoms with Crippen LogP contribution in [0, 0.1) is 13.8 Å². The smallest absolute Gasteiger partial charge is 0.368 e. The van der Waals surface area contributed by atoms with Crippen molar-refractivity contribution in [3.63, 3.8) is 0 Å². The molecule has 0 unspecified atom stereocenters. The molecule has 2 aromatic carbocycles. The Morgan fingerprint density at radius 3 is 2.33 bits per heavy atom. The molecule has 0 spiro atoms. The molecular weight excluding hydrogens is 355 g/mol. The maximum absolute atomic E-state index is 12.8. The van der Waals surface area contributed by atoms with Gasteiger partial charge in [-0.3, -0.25) is 0 Å². The minimum Gasteiger partial charge on any atom is -0.368 e. The van der Waals surface area contributed by atoms with Gasteiger partial charge in [0.2, 0.25) is 0 Å². The third kappa shape index (κ3) is 4.35. The third-order valence-corrected chi connectivity index (χ3v) is 4.92. The number of aryl methyl sites for hydroxylation is 1. The molecule has 1 aliphatic heterocycles. The van der Waals surface area contributed by atoms with Crippen molar-refractivity contribution in [3.8, 4) is 0 Å². The van der Waals surface area contributed by atoms with Crippen molar-refractivity contribution in [1.82, 2.24) is 4.90 Å². The van der Waals surface area contributed by atoms with E-state index in [0.717, 1.165) is 17.8 Å². The third-order valence-electron chi connectivity index (χ3n) is 4.92. The predicted molar refractivity (Wildman–Crippen MR) is 100 cm³/mol. The second-order valence-corrected chi connectivity index (χ2v) is 6.70. The lowest BCUT2D eigenvalue weighted by molar-refractivity contribution is -0.137. The molecule has 1 aliphatic rings. The van der Waals surface area contributed by atoms with E-state index in [1.54, 1.807) is 4.90 Å². The van der Waals surface area contributed by atoms with Gasteiger partial charge in [-0.2, -0.15) is 13.2 Å². The van der Waals surface area contributed by atoms with Crippen LogP contribution in [0.3, 0.4) is 0 Å². The van der Waals surface area contributed by atoms with E-state index >= 15 is 0 Å². The summed E-state index contributed by atoms with van der Waals surface area (Å²) in [6.45, 7) is 6.53. The maximum atomic E-state index is 12.8. The highest BCUT2D eigenvalue weighted by atomic mass is 19.4. The molecule has 0 aromatic heterocycles. The number of rotatable bonds is 2. The fraction of sp³-hybridized carbons (Fsp3) is 0.350. The van der Waals surface area contributed by atoms with Crippen LogP contribution in [-0.4, -0.2) is 37.1 Å². The summed E-state index contributed by atoms with van der Waals surface area (Å²) in [4.78, 5) is 16.3. The molecule has 3 rings (SSSR count). The van der Waals surface area contributed by atoms with E-state index in [1.807, 2.05) is 6.07 Å². The lowest BCUT2D eigenvalue weighted by Gasteiger charge is -2.37. The van der Waals surface area contributed by atoms with Gasteiger partial charge in [-0.1, -0.05) is 18.2 Å². The van der Waals surface area contributed by atoms with Crippen molar-refractivity contribution in [1.29, 1.82) is 0 Å². The molecule has 0 bridgehead atoms. The molecule has 2 amide bonds. The molecular formula is C20H22F3N3O. The quantitative estimate of drug-likeness (QED) is 0.825. The first-order valence-corrected chi connectivity index (χ1v) is 8.80. The van der Waals surface area contributed by atoms with Gasteiger partial charge in [0.1, 0.15) is 0 Å². The maximum Gasteiger partial charge on any atom is 0.416 e. The van der Waals surface area contributed by atoms with Crippen LogP contribution in [0.15, 0.2) is 42.5 Å². The van der Waals surface area contributed by atoms with Gasteiger partial charge in [-0.15, -0.1) is 0 Å². The number of carbonyl (C=O) groups is 1. The molecule has 144 valence electrons. The molecule has 2 aromatic rings. The molecule has 27 heavy (non-hydrogen) atoms. The van der Waals surface area contributed by atoms with Crippen molar-refractivity contribution in [2.75, 3.05) is 36.4 Å². The molecule has 1 saturated heterocycles. The second kappa shape index (κ2) is 7.50. The van der Waals surface area contributed by atoms with Crippen molar-refractivity contribution in [3.05, 3.63) is 59.2 Å². The van der Waals surface area contributed by atoms with Gasteiger partial charge >= 0.3 is 12.2 Å². The largest absolute Gasteiger partial charge is 0.416 e. The van der Waals surface area contributed by atoms with Crippen LogP contribution in [-0.2, 0) is 6.18 Å². The Kier molecular flexibility index (Phi) is 5.30. The van der Waals surface area contributed by atoms with Crippen LogP contribution in [0.2, 0.25) is 0 Å². The lowest BCUT2D eigenvalue weighted by Crippen LogP contribution is -2.50. The van der Waals surface area contributed by atoms with Crippen molar-refractivity contribution < 1.29 is 18.0 Å². The number of benzene rings is 2. The highest BCUT2D eigenvalue weighted by molar-refractivity contribution is 5.89. The molecule has 0 aliphatic carbocycles. The topological polar surface area (TPSA) is 35.6 Å². The summed E-state index contributed by atoms with van der Waals surface area (Å²) < 4.78 is 38.4. The number of urea groups is 1. The first-order valence-electron chi connectivity index (χ1n) is 8.80. The Bertz CT molecular complexity index is 827. The van der Waals surface area contributed by atoms with Crippen LogP contribution in [0.5, 0.6) is 0 Å². The number of nitrogens with one attached hydrogen (secondary N) is 1. The Balaban J connectivity index is 1.61. The number of alkyl halides is 3. The minimum absolute atomic E-state index is 0.145. The van der Waals surface area contributed by atoms with Gasteiger partial charge in [0.15, 0.2) is 0 Å². The average Bonchev–Trinajstić information content (AvgIpc) is 2.64. The van der Waals surface area contributed by atoms with E-state index in [9.17, 15) is 18.0 Å². The van der Waals surface area contributed by atoms with Gasteiger partial charge in [0.05, 0.1) is 5.56 Å². The molecule has 1 N–H and O–H groups in total. The number of piperazine rings is 1. The highest BCUT2D eigenvalue weighted by Gasteiger charge is 2.30. The van der Waals surface area contributed by atoms with Crippen LogP contribution < -0.4 is 10.2 Å². The molecule has 1 fully saturated rings. The van der Waals surface area contributed by atoms with Crippen LogP contribution in [0.25, 0.3) is 0 Å². The Labute approximate surface area is 156 Å². The monoisotopic (exact) mass is 377 g/mol. The van der Waals surface area contributed by atoms with Crippen LogP contribution >= 0.6 is 0 Å². The molecule has 7 heteroatoms. The standard InChI is InChI=1S/C20H22F3N3O/c1-14-5-3-8-18(15(14)2)25-9-11-26(12-10-25)19(27)24-17-7-4-6-16(13-17)20(21,22)23/h3-8,13H,9-12H2,1-2H3,(H,24,27). The first-order chi connectivity index (χ1) is 12.8. The zero-order valence-corrected chi connectivity index (χ0v) is 15.3. The number of carbonyl (C=O) groups excluding carboxylic acids is 1. The van der Waals surface area contributed by atoms with Gasteiger partial charge in [0.25, 0.3) is 0 Å². The minimum atomic E-state index is -4.43. The average molecular weight is 377 g/mol. The van der Waals surface area contributed by atoms with E-state index in [2.05, 4.69) is 36.2 Å². The molecule has 0 radical (unpaired) electrons. The summed E-state index contributed by atoms with van der Waals surface area (Å²) in [5, 5.41) is 2.57. The van der Waals surface area contributed by atoms with Crippen LogP contribution in [0.1, 0.15) is 16.7 Å². The van der Waals surface area contributed by atoms with E-state index in [-0.39, 0.29) is 11.7 Å². The number of hydrogen-bond donors (Lipinski definition) is 1. The van der Waals surface area contributed by atoms with Crippen molar-refractivity contribution in [2.24, 2.45) is 0 Å². The summed E-state index contributed by atoms with van der Waals surface area (Å²) in [6.07, 6.45) is -4.43. The fourth-order valence-corrected chi connectivity index (χ4v) is 3.20. The second-order valence-electron chi connectivity index (χ2n) is 6.70. The molecule has 4 nitrogen and oxygen atoms in total. The summed E-state index contributed by atoms with van der Waals surface area (Å²) in [5.41, 5.74) is 2.97. The summed E-state index contributed by atoms with van der Waals surface area (Å²) >= 11 is 0. The van der Waals surface area contributed by atoms with E-state index < -0.39 is 11.7 Å². The van der Waals surface area contributed by atoms with Crippen LogP contribution in [0.4, 0.5) is 29.3 Å². The number of hydrogen-bond acceptors (Lipinski definition) is 2. The van der Waals surface area contributed by atoms with Gasteiger partial charge < -0.3 is 15.1 Å². The summed E-state index contributed by atoms with van der Waals surface area (Å²) in [5.74, 6) is 0. The number of amides is 2. The van der Waals surface area contributed by atoms with Crippen molar-refractivity contribution >= 4 is 17.4 Å². The molecule has 1 heterocycles. The Morgan fingerprint density at radius 2 is 1.67 bits per heavy atom. The number of anilines is 2. The predicted octanol–water partition coefficient (Wildman–Crippen LogP) is 4.68. The number of nitrogens with zero attached hydrogens (tertiary/aromatic N) is 2. The first kappa shape index (κ1) is 19.1. The Hall–Kier alpha value is -2.70. The SMILES string of the molecule is Cc1cccc(N2CCN(C(=O)Nc3cccc(C(F)(F)F)c3)CC2)c1C. The zero-order chi connectivity index (χ0) is 19.6. The summed E-state index contributed by atoms with van der Waals surface area (Å²) in [6, 6.07) is 10.5. The lowest BCUT2D eigenvalue weighted by atomic mass is 10.1. The molecule has 0 atom stereocenters. The normalized spacial score (nSPS) is 15.0. The zero-order valence-electron chi connectivity index (χ0n) is 15.3. The highest BCUT2D eigenvalue weighted by Crippen LogP contribution is 2.30. The van der Waals surface area contributed by atoms with E-state index in [1.165, 1.54) is 23.3 Å². The summed E-state index contributed by atoms with van der Waals surface area (Å²) in [7, 11) is 0. The van der Waals surface area contributed by atoms with E-state index in [4.69, 9.17) is 0 Å². The molecule has 0 saturated carbocycles. The van der Waals surface area contributed by atoms with Crippen molar-refractivity contribution in [2.45, 2.75) is 20.0 Å². The number of halogens is 3. The van der Waals surface area contributed by atoms with Gasteiger partial charge in [-0.25, -0.2) is 4.79 Å². The Morgan fingerprint density at radius 1 is 1.00 bits per heavy atom. The van der Waals surface area contributed by atoms with Gasteiger partial charge in [0, 0.05) is 37.6 Å². The van der Waals surface area contributed by atoms with E-state index in [0.29, 0.717) is 26.2 Å².